The first-order valence-corrected chi connectivity index (χ1v) is 7.47. The molecule has 0 saturated carbocycles. The highest BCUT2D eigenvalue weighted by molar-refractivity contribution is 6.30. The number of likely N-dealkylation sites (N-methyl/N-ethyl adjacent to an activating group) is 1. The largest absolute Gasteiger partial charge is 0.484 e. The summed E-state index contributed by atoms with van der Waals surface area (Å²) in [6.07, 6.45) is 2.03. The molecule has 1 aliphatic heterocycles. The predicted octanol–water partition coefficient (Wildman–Crippen LogP) is 2.32. The summed E-state index contributed by atoms with van der Waals surface area (Å²) in [6, 6.07) is 7.40. The summed E-state index contributed by atoms with van der Waals surface area (Å²) < 4.78 is 5.53. The number of halogens is 1. The summed E-state index contributed by atoms with van der Waals surface area (Å²) in [5, 5.41) is 3.97. The first-order valence-electron chi connectivity index (χ1n) is 7.09. The average molecular weight is 297 g/mol. The Kier molecular flexibility index (Phi) is 5.68. The van der Waals surface area contributed by atoms with Gasteiger partial charge in [0, 0.05) is 17.6 Å². The topological polar surface area (TPSA) is 41.6 Å². The van der Waals surface area contributed by atoms with Gasteiger partial charge in [0.25, 0.3) is 5.91 Å². The lowest BCUT2D eigenvalue weighted by atomic mass is 10.0. The fourth-order valence-electron chi connectivity index (χ4n) is 2.52. The van der Waals surface area contributed by atoms with Crippen molar-refractivity contribution in [2.45, 2.75) is 25.8 Å². The average Bonchev–Trinajstić information content (AvgIpc) is 2.48. The van der Waals surface area contributed by atoms with Crippen LogP contribution in [0.4, 0.5) is 0 Å². The predicted molar refractivity (Wildman–Crippen MR) is 80.2 cm³/mol. The van der Waals surface area contributed by atoms with Gasteiger partial charge in [0.1, 0.15) is 5.75 Å². The summed E-state index contributed by atoms with van der Waals surface area (Å²) in [6.45, 7) is 4.79. The van der Waals surface area contributed by atoms with Gasteiger partial charge in [-0.15, -0.1) is 0 Å². The zero-order valence-electron chi connectivity index (χ0n) is 11.8. The van der Waals surface area contributed by atoms with Crippen molar-refractivity contribution in [1.82, 2.24) is 10.2 Å². The van der Waals surface area contributed by atoms with E-state index in [-0.39, 0.29) is 12.5 Å². The van der Waals surface area contributed by atoms with E-state index in [1.165, 1.54) is 0 Å². The summed E-state index contributed by atoms with van der Waals surface area (Å²) in [4.78, 5) is 14.2. The highest BCUT2D eigenvalue weighted by atomic mass is 35.5. The molecule has 1 fully saturated rings. The van der Waals surface area contributed by atoms with E-state index in [2.05, 4.69) is 5.32 Å². The van der Waals surface area contributed by atoms with Crippen LogP contribution < -0.4 is 10.1 Å². The molecule has 1 aromatic carbocycles. The molecule has 0 spiro atoms. The Morgan fingerprint density at radius 2 is 2.00 bits per heavy atom. The van der Waals surface area contributed by atoms with E-state index in [1.54, 1.807) is 24.3 Å². The molecule has 0 aliphatic carbocycles. The molecule has 0 unspecified atom stereocenters. The molecular weight excluding hydrogens is 276 g/mol. The molecule has 1 aromatic rings. The van der Waals surface area contributed by atoms with Gasteiger partial charge in [-0.2, -0.15) is 0 Å². The van der Waals surface area contributed by atoms with Gasteiger partial charge in [-0.25, -0.2) is 0 Å². The van der Waals surface area contributed by atoms with E-state index < -0.39 is 0 Å². The maximum atomic E-state index is 12.3. The summed E-state index contributed by atoms with van der Waals surface area (Å²) in [5.41, 5.74) is 0. The second-order valence-electron chi connectivity index (χ2n) is 4.90. The molecule has 1 heterocycles. The Morgan fingerprint density at radius 3 is 2.60 bits per heavy atom. The van der Waals surface area contributed by atoms with Crippen molar-refractivity contribution in [2.75, 3.05) is 26.2 Å². The molecule has 1 N–H and O–H groups in total. The Bertz CT molecular complexity index is 430. The number of hydrogen-bond donors (Lipinski definition) is 1. The van der Waals surface area contributed by atoms with Crippen LogP contribution in [0.2, 0.25) is 5.02 Å². The number of piperidine rings is 1. The molecule has 2 rings (SSSR count). The van der Waals surface area contributed by atoms with Crippen LogP contribution in [0.25, 0.3) is 0 Å². The third kappa shape index (κ3) is 4.12. The van der Waals surface area contributed by atoms with E-state index in [9.17, 15) is 4.79 Å². The van der Waals surface area contributed by atoms with Crippen molar-refractivity contribution in [3.05, 3.63) is 29.3 Å². The number of nitrogens with zero attached hydrogens (tertiary/aromatic N) is 1. The van der Waals surface area contributed by atoms with Crippen LogP contribution in [0.5, 0.6) is 5.75 Å². The van der Waals surface area contributed by atoms with Crippen molar-refractivity contribution in [1.29, 1.82) is 0 Å². The molecule has 0 atom stereocenters. The van der Waals surface area contributed by atoms with Crippen molar-refractivity contribution < 1.29 is 9.53 Å². The molecule has 0 bridgehead atoms. The lowest BCUT2D eigenvalue weighted by molar-refractivity contribution is -0.136. The number of rotatable bonds is 5. The lowest BCUT2D eigenvalue weighted by Gasteiger charge is -2.33. The second kappa shape index (κ2) is 7.50. The zero-order valence-corrected chi connectivity index (χ0v) is 12.5. The molecule has 1 aliphatic rings. The smallest absolute Gasteiger partial charge is 0.260 e. The molecule has 5 heteroatoms. The molecule has 0 radical (unpaired) electrons. The van der Waals surface area contributed by atoms with Crippen molar-refractivity contribution >= 4 is 17.5 Å². The van der Waals surface area contributed by atoms with Crippen molar-refractivity contribution in [3.63, 3.8) is 0 Å². The highest BCUT2D eigenvalue weighted by Crippen LogP contribution is 2.16. The van der Waals surface area contributed by atoms with Gasteiger partial charge in [-0.3, -0.25) is 4.79 Å². The van der Waals surface area contributed by atoms with Gasteiger partial charge in [0.15, 0.2) is 6.61 Å². The van der Waals surface area contributed by atoms with E-state index in [1.807, 2.05) is 11.8 Å². The molecule has 110 valence electrons. The minimum absolute atomic E-state index is 0.0503. The Balaban J connectivity index is 1.87. The summed E-state index contributed by atoms with van der Waals surface area (Å²) in [5.74, 6) is 0.721. The third-order valence-corrected chi connectivity index (χ3v) is 3.84. The monoisotopic (exact) mass is 296 g/mol. The number of benzene rings is 1. The molecule has 0 aromatic heterocycles. The number of ether oxygens (including phenoxy) is 1. The zero-order chi connectivity index (χ0) is 14.4. The van der Waals surface area contributed by atoms with E-state index in [4.69, 9.17) is 16.3 Å². The minimum Gasteiger partial charge on any atom is -0.484 e. The van der Waals surface area contributed by atoms with E-state index in [0.717, 1.165) is 32.5 Å². The van der Waals surface area contributed by atoms with Gasteiger partial charge < -0.3 is 15.0 Å². The number of amides is 1. The van der Waals surface area contributed by atoms with Crippen LogP contribution in [0.1, 0.15) is 19.8 Å². The maximum Gasteiger partial charge on any atom is 0.260 e. The third-order valence-electron chi connectivity index (χ3n) is 3.59. The Labute approximate surface area is 125 Å². The fourth-order valence-corrected chi connectivity index (χ4v) is 2.64. The number of carbonyl (C=O) groups excluding carboxylic acids is 1. The van der Waals surface area contributed by atoms with Crippen LogP contribution in [0.3, 0.4) is 0 Å². The molecular formula is C15H21ClN2O2. The van der Waals surface area contributed by atoms with Gasteiger partial charge in [-0.05, 0) is 57.1 Å². The molecule has 1 saturated heterocycles. The van der Waals surface area contributed by atoms with Crippen LogP contribution >= 0.6 is 11.6 Å². The standard InChI is InChI=1S/C15H21ClN2O2/c1-2-18(13-7-9-17-10-8-13)15(19)11-20-14-5-3-12(16)4-6-14/h3-6,13,17H,2,7-11H2,1H3. The molecule has 4 nitrogen and oxygen atoms in total. The van der Waals surface area contributed by atoms with Crippen molar-refractivity contribution in [3.8, 4) is 5.75 Å². The Morgan fingerprint density at radius 1 is 1.35 bits per heavy atom. The minimum atomic E-state index is 0.0503. The quantitative estimate of drug-likeness (QED) is 0.907. The van der Waals surface area contributed by atoms with Gasteiger partial charge in [0.05, 0.1) is 0 Å². The first-order chi connectivity index (χ1) is 9.70. The maximum absolute atomic E-state index is 12.3. The van der Waals surface area contributed by atoms with E-state index >= 15 is 0 Å². The van der Waals surface area contributed by atoms with Gasteiger partial charge >= 0.3 is 0 Å². The normalized spacial score (nSPS) is 15.9. The number of nitrogens with one attached hydrogen (secondary N) is 1. The highest BCUT2D eigenvalue weighted by Gasteiger charge is 2.24. The molecule has 20 heavy (non-hydrogen) atoms. The van der Waals surface area contributed by atoms with Crippen LogP contribution in [0, 0.1) is 0 Å². The Hall–Kier alpha value is -1.26. The lowest BCUT2D eigenvalue weighted by Crippen LogP contribution is -2.47. The molecule has 1 amide bonds. The number of hydrogen-bond acceptors (Lipinski definition) is 3. The van der Waals surface area contributed by atoms with Crippen LogP contribution in [-0.4, -0.2) is 43.1 Å². The van der Waals surface area contributed by atoms with Crippen LogP contribution in [-0.2, 0) is 4.79 Å². The SMILES string of the molecule is CCN(C(=O)COc1ccc(Cl)cc1)C1CCNCC1. The van der Waals surface area contributed by atoms with Gasteiger partial charge in [0.2, 0.25) is 0 Å². The van der Waals surface area contributed by atoms with Gasteiger partial charge in [-0.1, -0.05) is 11.6 Å². The van der Waals surface area contributed by atoms with Crippen LogP contribution in [0.15, 0.2) is 24.3 Å². The number of carbonyl (C=O) groups is 1. The first kappa shape index (κ1) is 15.1. The summed E-state index contributed by atoms with van der Waals surface area (Å²) in [7, 11) is 0. The summed E-state index contributed by atoms with van der Waals surface area (Å²) >= 11 is 5.81. The fraction of sp³-hybridized carbons (Fsp3) is 0.533. The van der Waals surface area contributed by atoms with Crippen molar-refractivity contribution in [2.24, 2.45) is 0 Å². The van der Waals surface area contributed by atoms with E-state index in [0.29, 0.717) is 16.8 Å². The second-order valence-corrected chi connectivity index (χ2v) is 5.34.